The van der Waals surface area contributed by atoms with Crippen LogP contribution in [0.5, 0.6) is 0 Å². The molecule has 1 aliphatic rings. The number of piperidine rings is 1. The van der Waals surface area contributed by atoms with E-state index in [1.165, 1.54) is 0 Å². The van der Waals surface area contributed by atoms with Gasteiger partial charge in [0.2, 0.25) is 5.91 Å². The molecule has 1 fully saturated rings. The molecule has 1 saturated heterocycles. The third-order valence-electron chi connectivity index (χ3n) is 5.99. The molecule has 1 aromatic rings. The van der Waals surface area contributed by atoms with Crippen LogP contribution in [0.1, 0.15) is 62.9 Å². The van der Waals surface area contributed by atoms with Gasteiger partial charge in [0.25, 0.3) is 5.91 Å². The summed E-state index contributed by atoms with van der Waals surface area (Å²) in [6.07, 6.45) is 1.50. The van der Waals surface area contributed by atoms with E-state index in [1.807, 2.05) is 27.7 Å². The van der Waals surface area contributed by atoms with Crippen LogP contribution in [-0.4, -0.2) is 52.3 Å². The molecule has 2 rings (SSSR count). The van der Waals surface area contributed by atoms with Crippen molar-refractivity contribution >= 4 is 23.6 Å². The highest BCUT2D eigenvalue weighted by atomic mass is 16.4. The summed E-state index contributed by atoms with van der Waals surface area (Å²) >= 11 is 0. The third kappa shape index (κ3) is 6.29. The van der Waals surface area contributed by atoms with Crippen LogP contribution in [-0.2, 0) is 9.59 Å². The molecule has 5 N–H and O–H groups in total. The first-order valence-corrected chi connectivity index (χ1v) is 10.7. The van der Waals surface area contributed by atoms with E-state index in [0.29, 0.717) is 37.1 Å². The van der Waals surface area contributed by atoms with Gasteiger partial charge in [-0.15, -0.1) is 0 Å². The molecule has 0 spiro atoms. The minimum absolute atomic E-state index is 0.000341. The Morgan fingerprint density at radius 1 is 1.16 bits per heavy atom. The van der Waals surface area contributed by atoms with Crippen LogP contribution in [0.2, 0.25) is 0 Å². The molecule has 2 amide bonds. The Hall–Kier alpha value is -2.90. The van der Waals surface area contributed by atoms with E-state index in [2.05, 4.69) is 5.32 Å². The third-order valence-corrected chi connectivity index (χ3v) is 5.99. The number of nitrogens with one attached hydrogen (secondary N) is 2. The van der Waals surface area contributed by atoms with Crippen LogP contribution in [0.3, 0.4) is 0 Å². The summed E-state index contributed by atoms with van der Waals surface area (Å²) in [4.78, 5) is 39.0. The van der Waals surface area contributed by atoms with Gasteiger partial charge in [0, 0.05) is 36.2 Å². The van der Waals surface area contributed by atoms with Crippen molar-refractivity contribution in [2.75, 3.05) is 13.1 Å². The molecule has 0 saturated carbocycles. The van der Waals surface area contributed by atoms with Gasteiger partial charge in [0.15, 0.2) is 0 Å². The molecule has 1 heterocycles. The molecule has 31 heavy (non-hydrogen) atoms. The number of likely N-dealkylation sites (tertiary alicyclic amines) is 1. The Morgan fingerprint density at radius 2 is 1.68 bits per heavy atom. The normalized spacial score (nSPS) is 16.1. The number of carbonyl (C=O) groups is 3. The average molecular weight is 431 g/mol. The van der Waals surface area contributed by atoms with E-state index in [4.69, 9.17) is 16.2 Å². The van der Waals surface area contributed by atoms with E-state index in [9.17, 15) is 14.4 Å². The van der Waals surface area contributed by atoms with Gasteiger partial charge in [0.05, 0.1) is 5.92 Å². The number of nitrogens with two attached hydrogens (primary N) is 1. The fourth-order valence-corrected chi connectivity index (χ4v) is 4.47. The van der Waals surface area contributed by atoms with Gasteiger partial charge >= 0.3 is 5.97 Å². The molecule has 0 aliphatic carbocycles. The van der Waals surface area contributed by atoms with E-state index >= 15 is 0 Å². The van der Waals surface area contributed by atoms with Crippen LogP contribution in [0, 0.1) is 23.2 Å². The highest BCUT2D eigenvalue weighted by Gasteiger charge is 2.41. The standard InChI is InChI=1S/C23H34N4O4/c1-14(2)19(22(31)27-11-9-15(10-12-27)13-18(28)29)23(3,4)26-21(30)17-7-5-16(6-8-17)20(24)25/h5-8,14-15,19H,9-13H2,1-4H3,(H3,24,25)(H,26,30)(H,28,29). The summed E-state index contributed by atoms with van der Waals surface area (Å²) < 4.78 is 0. The molecule has 1 aliphatic heterocycles. The minimum Gasteiger partial charge on any atom is -0.481 e. The number of carboxylic acid groups (broad SMARTS) is 1. The zero-order valence-electron chi connectivity index (χ0n) is 18.8. The van der Waals surface area contributed by atoms with Gasteiger partial charge in [-0.3, -0.25) is 19.8 Å². The molecule has 0 aromatic heterocycles. The zero-order valence-corrected chi connectivity index (χ0v) is 18.8. The molecule has 8 nitrogen and oxygen atoms in total. The van der Waals surface area contributed by atoms with E-state index in [-0.39, 0.29) is 35.9 Å². The number of carbonyl (C=O) groups excluding carboxylic acids is 2. The van der Waals surface area contributed by atoms with Gasteiger partial charge in [0.1, 0.15) is 5.84 Å². The number of benzene rings is 1. The number of amidine groups is 1. The summed E-state index contributed by atoms with van der Waals surface area (Å²) in [5.74, 6) is -1.50. The van der Waals surface area contributed by atoms with E-state index in [1.54, 1.807) is 29.2 Å². The Labute approximate surface area is 183 Å². The first kappa shape index (κ1) is 24.4. The molecule has 1 aromatic carbocycles. The Morgan fingerprint density at radius 3 is 2.13 bits per heavy atom. The lowest BCUT2D eigenvalue weighted by molar-refractivity contribution is -0.141. The maximum absolute atomic E-state index is 13.4. The van der Waals surface area contributed by atoms with Crippen LogP contribution in [0.4, 0.5) is 0 Å². The number of hydrogen-bond donors (Lipinski definition) is 4. The quantitative estimate of drug-likeness (QED) is 0.371. The minimum atomic E-state index is -0.801. The Kier molecular flexibility index (Phi) is 7.81. The van der Waals surface area contributed by atoms with Crippen molar-refractivity contribution in [1.29, 1.82) is 5.41 Å². The van der Waals surface area contributed by atoms with Crippen molar-refractivity contribution in [1.82, 2.24) is 10.2 Å². The van der Waals surface area contributed by atoms with Gasteiger partial charge in [-0.05, 0) is 50.7 Å². The number of rotatable bonds is 8. The SMILES string of the molecule is CC(C)C(C(=O)N1CCC(CC(=O)O)CC1)C(C)(C)NC(=O)c1ccc(C(=N)N)cc1. The first-order valence-electron chi connectivity index (χ1n) is 10.7. The van der Waals surface area contributed by atoms with Crippen LogP contribution >= 0.6 is 0 Å². The number of nitrogen functional groups attached to an aromatic ring is 1. The van der Waals surface area contributed by atoms with Crippen molar-refractivity contribution < 1.29 is 19.5 Å². The van der Waals surface area contributed by atoms with E-state index < -0.39 is 17.4 Å². The molecular weight excluding hydrogens is 396 g/mol. The molecule has 1 atom stereocenters. The van der Waals surface area contributed by atoms with Gasteiger partial charge in [-0.1, -0.05) is 26.0 Å². The summed E-state index contributed by atoms with van der Waals surface area (Å²) in [7, 11) is 0. The predicted molar refractivity (Wildman–Crippen MR) is 119 cm³/mol. The highest BCUT2D eigenvalue weighted by molar-refractivity contribution is 5.98. The second kappa shape index (κ2) is 9.94. The number of hydrogen-bond acceptors (Lipinski definition) is 4. The highest BCUT2D eigenvalue weighted by Crippen LogP contribution is 2.30. The number of carboxylic acids is 1. The Balaban J connectivity index is 2.09. The maximum atomic E-state index is 13.4. The van der Waals surface area contributed by atoms with Gasteiger partial charge < -0.3 is 21.1 Å². The number of amides is 2. The smallest absolute Gasteiger partial charge is 0.303 e. The summed E-state index contributed by atoms with van der Waals surface area (Å²) in [6.45, 7) is 8.72. The zero-order chi connectivity index (χ0) is 23.3. The Bertz CT molecular complexity index is 824. The number of aliphatic carboxylic acids is 1. The second-order valence-corrected chi connectivity index (χ2v) is 9.26. The maximum Gasteiger partial charge on any atom is 0.303 e. The number of nitrogens with zero attached hydrogens (tertiary/aromatic N) is 1. The van der Waals surface area contributed by atoms with Crippen molar-refractivity contribution in [3.8, 4) is 0 Å². The van der Waals surface area contributed by atoms with Crippen molar-refractivity contribution in [2.45, 2.75) is 52.5 Å². The van der Waals surface area contributed by atoms with Gasteiger partial charge in [-0.2, -0.15) is 0 Å². The lowest BCUT2D eigenvalue weighted by Crippen LogP contribution is -2.57. The molecule has 8 heteroatoms. The average Bonchev–Trinajstić information content (AvgIpc) is 2.67. The summed E-state index contributed by atoms with van der Waals surface area (Å²) in [6, 6.07) is 6.47. The molecule has 0 radical (unpaired) electrons. The van der Waals surface area contributed by atoms with Crippen LogP contribution in [0.15, 0.2) is 24.3 Å². The molecule has 170 valence electrons. The molecule has 1 unspecified atom stereocenters. The lowest BCUT2D eigenvalue weighted by Gasteiger charge is -2.41. The van der Waals surface area contributed by atoms with E-state index in [0.717, 1.165) is 0 Å². The lowest BCUT2D eigenvalue weighted by atomic mass is 9.77. The summed E-state index contributed by atoms with van der Waals surface area (Å²) in [5, 5.41) is 19.5. The van der Waals surface area contributed by atoms with Crippen LogP contribution < -0.4 is 11.1 Å². The van der Waals surface area contributed by atoms with Gasteiger partial charge in [-0.25, -0.2) is 0 Å². The fraction of sp³-hybridized carbons (Fsp3) is 0.565. The summed E-state index contributed by atoms with van der Waals surface area (Å²) in [5.41, 5.74) is 5.64. The monoisotopic (exact) mass is 430 g/mol. The molecular formula is C23H34N4O4. The largest absolute Gasteiger partial charge is 0.481 e. The fourth-order valence-electron chi connectivity index (χ4n) is 4.47. The first-order chi connectivity index (χ1) is 14.4. The molecule has 0 bridgehead atoms. The van der Waals surface area contributed by atoms with Crippen molar-refractivity contribution in [3.05, 3.63) is 35.4 Å². The van der Waals surface area contributed by atoms with Crippen LogP contribution in [0.25, 0.3) is 0 Å². The van der Waals surface area contributed by atoms with Crippen molar-refractivity contribution in [2.24, 2.45) is 23.5 Å². The predicted octanol–water partition coefficient (Wildman–Crippen LogP) is 2.46. The topological polar surface area (TPSA) is 137 Å². The van der Waals surface area contributed by atoms with Crippen molar-refractivity contribution in [3.63, 3.8) is 0 Å². The second-order valence-electron chi connectivity index (χ2n) is 9.26.